The van der Waals surface area contributed by atoms with Crippen LogP contribution >= 0.6 is 8.35 Å². The van der Waals surface area contributed by atoms with E-state index in [1.54, 1.807) is 6.20 Å². The van der Waals surface area contributed by atoms with Crippen LogP contribution in [0.5, 0.6) is 0 Å². The van der Waals surface area contributed by atoms with Gasteiger partial charge in [0.05, 0.1) is 13.4 Å². The summed E-state index contributed by atoms with van der Waals surface area (Å²) in [5.41, 5.74) is 0. The van der Waals surface area contributed by atoms with Crippen molar-refractivity contribution in [2.75, 3.05) is 0 Å². The molecule has 0 aliphatic carbocycles. The normalized spacial score (nSPS) is 12.2. The summed E-state index contributed by atoms with van der Waals surface area (Å²) in [4.78, 5) is 4.24. The maximum absolute atomic E-state index is 4.24. The highest BCUT2D eigenvalue weighted by atomic mass is 31.0. The molecule has 2 heterocycles. The quantitative estimate of drug-likeness (QED) is 0.747. The minimum Gasteiger partial charge on any atom is -0.237 e. The Bertz CT molecular complexity index is 449. The molecule has 0 saturated heterocycles. The lowest BCUT2D eigenvalue weighted by molar-refractivity contribution is 0.826. The van der Waals surface area contributed by atoms with E-state index >= 15 is 0 Å². The smallest absolute Gasteiger partial charge is 0.159 e. The fraction of sp³-hybridized carbons (Fsp3) is 0.333. The fourth-order valence-corrected chi connectivity index (χ4v) is 3.47. The number of aromatic nitrogens is 4. The minimum absolute atomic E-state index is 0.858. The van der Waals surface area contributed by atoms with Crippen LogP contribution in [-0.2, 0) is 0 Å². The van der Waals surface area contributed by atoms with Crippen LogP contribution in [0.3, 0.4) is 0 Å². The molecule has 15 heavy (non-hydrogen) atoms. The molecular weight excluding hydrogens is 223 g/mol. The molecule has 0 atom stereocenters. The molecule has 0 unspecified atom stereocenters. The van der Waals surface area contributed by atoms with Gasteiger partial charge in [-0.1, -0.05) is 30.9 Å². The Labute approximate surface area is 91.5 Å². The second-order valence-corrected chi connectivity index (χ2v) is 10.7. The Hall–Kier alpha value is -1.06. The highest BCUT2D eigenvalue weighted by molar-refractivity contribution is 7.37. The number of rotatable bonds is 2. The van der Waals surface area contributed by atoms with Crippen LogP contribution < -0.4 is 5.05 Å². The van der Waals surface area contributed by atoms with Crippen molar-refractivity contribution in [2.24, 2.45) is 0 Å². The first-order valence-electron chi connectivity index (χ1n) is 4.79. The second-order valence-electron chi connectivity index (χ2n) is 4.34. The summed E-state index contributed by atoms with van der Waals surface area (Å²) < 4.78 is 1.83. The van der Waals surface area contributed by atoms with Crippen LogP contribution in [0.1, 0.15) is 0 Å². The SMILES string of the molecule is C[Si](C)(C)c1nnn(-c2ccccn2)p1. The largest absolute Gasteiger partial charge is 0.237 e. The number of nitrogens with zero attached hydrogens (tertiary/aromatic N) is 4. The Kier molecular flexibility index (Phi) is 2.67. The van der Waals surface area contributed by atoms with Crippen LogP contribution in [0.4, 0.5) is 0 Å². The highest BCUT2D eigenvalue weighted by Gasteiger charge is 2.21. The van der Waals surface area contributed by atoms with E-state index in [1.165, 1.54) is 5.05 Å². The first kappa shape index (κ1) is 10.5. The molecule has 0 aliphatic rings. The Balaban J connectivity index is 2.37. The Morgan fingerprint density at radius 1 is 1.27 bits per heavy atom. The molecule has 0 aliphatic heterocycles. The summed E-state index contributed by atoms with van der Waals surface area (Å²) in [6, 6.07) is 5.80. The number of hydrogen-bond donors (Lipinski definition) is 0. The lowest BCUT2D eigenvalue weighted by Gasteiger charge is -2.08. The summed E-state index contributed by atoms with van der Waals surface area (Å²) in [7, 11) is -0.263. The van der Waals surface area contributed by atoms with Gasteiger partial charge in [0.25, 0.3) is 0 Å². The van der Waals surface area contributed by atoms with Crippen molar-refractivity contribution in [1.29, 1.82) is 0 Å². The third-order valence-corrected chi connectivity index (χ3v) is 6.45. The van der Waals surface area contributed by atoms with Gasteiger partial charge in [0.15, 0.2) is 5.82 Å². The van der Waals surface area contributed by atoms with Gasteiger partial charge in [0.1, 0.15) is 8.07 Å². The fourth-order valence-electron chi connectivity index (χ4n) is 1.08. The van der Waals surface area contributed by atoms with E-state index in [0.29, 0.717) is 0 Å². The lowest BCUT2D eigenvalue weighted by atomic mass is 10.5. The van der Waals surface area contributed by atoms with Gasteiger partial charge in [-0.05, 0) is 12.1 Å². The van der Waals surface area contributed by atoms with Crippen molar-refractivity contribution in [3.05, 3.63) is 24.4 Å². The van der Waals surface area contributed by atoms with Gasteiger partial charge in [0, 0.05) is 6.20 Å². The van der Waals surface area contributed by atoms with Crippen LogP contribution in [0.2, 0.25) is 19.6 Å². The topological polar surface area (TPSA) is 43.6 Å². The molecule has 4 nitrogen and oxygen atoms in total. The number of hydrogen-bond acceptors (Lipinski definition) is 3. The Morgan fingerprint density at radius 2 is 2.07 bits per heavy atom. The molecule has 6 heteroatoms. The van der Waals surface area contributed by atoms with E-state index in [-0.39, 0.29) is 0 Å². The van der Waals surface area contributed by atoms with Gasteiger partial charge in [-0.3, -0.25) is 0 Å². The first-order valence-corrected chi connectivity index (χ1v) is 9.14. The molecule has 78 valence electrons. The average Bonchev–Trinajstić information content (AvgIpc) is 2.67. The van der Waals surface area contributed by atoms with Crippen molar-refractivity contribution in [2.45, 2.75) is 19.6 Å². The van der Waals surface area contributed by atoms with Crippen molar-refractivity contribution < 1.29 is 0 Å². The molecule has 0 spiro atoms. The van der Waals surface area contributed by atoms with E-state index in [9.17, 15) is 0 Å². The summed E-state index contributed by atoms with van der Waals surface area (Å²) in [6.07, 6.45) is 1.77. The van der Waals surface area contributed by atoms with Gasteiger partial charge in [0.2, 0.25) is 0 Å². The van der Waals surface area contributed by atoms with Gasteiger partial charge in [-0.15, -0.1) is 5.10 Å². The van der Waals surface area contributed by atoms with Crippen molar-refractivity contribution in [3.63, 3.8) is 0 Å². The molecule has 2 aromatic rings. The standard InChI is InChI=1S/C9H13N4PSi/c1-15(2,3)9-11-12-13(14-9)8-6-4-5-7-10-8/h4-7H,1-3H3. The molecular formula is C9H13N4PSi. The molecule has 0 radical (unpaired) electrons. The van der Waals surface area contributed by atoms with E-state index in [4.69, 9.17) is 0 Å². The monoisotopic (exact) mass is 236 g/mol. The van der Waals surface area contributed by atoms with Crippen molar-refractivity contribution in [1.82, 2.24) is 19.7 Å². The summed E-state index contributed by atoms with van der Waals surface area (Å²) in [5.74, 6) is 0.858. The van der Waals surface area contributed by atoms with E-state index in [0.717, 1.165) is 14.2 Å². The predicted octanol–water partition coefficient (Wildman–Crippen LogP) is 1.79. The molecule has 0 amide bonds. The molecule has 0 aromatic carbocycles. The lowest BCUT2D eigenvalue weighted by Crippen LogP contribution is -2.36. The van der Waals surface area contributed by atoms with E-state index in [1.807, 2.05) is 22.6 Å². The maximum Gasteiger partial charge on any atom is 0.159 e. The second kappa shape index (κ2) is 3.83. The first-order chi connectivity index (χ1) is 7.07. The zero-order valence-electron chi connectivity index (χ0n) is 9.05. The molecule has 0 fully saturated rings. The minimum atomic E-state index is -1.32. The highest BCUT2D eigenvalue weighted by Crippen LogP contribution is 2.11. The van der Waals surface area contributed by atoms with Crippen LogP contribution in [0, 0.1) is 0 Å². The van der Waals surface area contributed by atoms with Crippen molar-refractivity contribution >= 4 is 21.5 Å². The summed E-state index contributed by atoms with van der Waals surface area (Å²) in [5, 5.41) is 9.58. The van der Waals surface area contributed by atoms with E-state index < -0.39 is 8.07 Å². The van der Waals surface area contributed by atoms with Crippen LogP contribution in [-0.4, -0.2) is 27.8 Å². The number of pyridine rings is 1. The average molecular weight is 236 g/mol. The van der Waals surface area contributed by atoms with Gasteiger partial charge in [-0.25, -0.2) is 4.98 Å². The Morgan fingerprint density at radius 3 is 2.60 bits per heavy atom. The predicted molar refractivity (Wildman–Crippen MR) is 64.6 cm³/mol. The summed E-state index contributed by atoms with van der Waals surface area (Å²) >= 11 is 0. The maximum atomic E-state index is 4.24. The molecule has 0 saturated carbocycles. The van der Waals surface area contributed by atoms with E-state index in [2.05, 4.69) is 34.9 Å². The molecule has 2 rings (SSSR count). The molecule has 2 aromatic heterocycles. The summed E-state index contributed by atoms with van der Waals surface area (Å²) in [6.45, 7) is 6.82. The van der Waals surface area contributed by atoms with Gasteiger partial charge < -0.3 is 0 Å². The van der Waals surface area contributed by atoms with Crippen LogP contribution in [0.15, 0.2) is 24.4 Å². The third-order valence-electron chi connectivity index (χ3n) is 1.94. The third kappa shape index (κ3) is 2.30. The zero-order valence-corrected chi connectivity index (χ0v) is 10.9. The van der Waals surface area contributed by atoms with Crippen LogP contribution in [0.25, 0.3) is 5.82 Å². The molecule has 0 N–H and O–H groups in total. The van der Waals surface area contributed by atoms with Gasteiger partial charge >= 0.3 is 0 Å². The zero-order chi connectivity index (χ0) is 10.9. The van der Waals surface area contributed by atoms with Crippen molar-refractivity contribution in [3.8, 4) is 5.82 Å². The van der Waals surface area contributed by atoms with Gasteiger partial charge in [-0.2, -0.15) is 4.44 Å². The molecule has 0 bridgehead atoms.